The van der Waals surface area contributed by atoms with Gasteiger partial charge in [-0.1, -0.05) is 19.8 Å². The second kappa shape index (κ2) is 6.63. The number of hydrogen-bond acceptors (Lipinski definition) is 3. The summed E-state index contributed by atoms with van der Waals surface area (Å²) >= 11 is 0. The highest BCUT2D eigenvalue weighted by atomic mass is 16.4. The summed E-state index contributed by atoms with van der Waals surface area (Å²) in [5.41, 5.74) is 0. The third-order valence-corrected chi connectivity index (χ3v) is 2.40. The Kier molecular flexibility index (Phi) is 5.16. The lowest BCUT2D eigenvalue weighted by molar-refractivity contribution is -0.139. The zero-order valence-electron chi connectivity index (χ0n) is 10.5. The van der Waals surface area contributed by atoms with Crippen LogP contribution in [-0.2, 0) is 11.8 Å². The molecule has 7 heteroatoms. The summed E-state index contributed by atoms with van der Waals surface area (Å²) in [5.74, 6) is -0.644. The number of carboxylic acids is 1. The second-order valence-corrected chi connectivity index (χ2v) is 4.01. The fourth-order valence-corrected chi connectivity index (χ4v) is 1.46. The molecule has 0 aromatic carbocycles. The number of hydrogen-bond donors (Lipinski definition) is 3. The quantitative estimate of drug-likeness (QED) is 0.710. The van der Waals surface area contributed by atoms with E-state index in [0.29, 0.717) is 12.2 Å². The van der Waals surface area contributed by atoms with Crippen molar-refractivity contribution in [2.24, 2.45) is 7.05 Å². The molecule has 1 atom stereocenters. The van der Waals surface area contributed by atoms with Crippen LogP contribution in [-0.4, -0.2) is 32.9 Å². The van der Waals surface area contributed by atoms with Crippen LogP contribution in [0.3, 0.4) is 0 Å². The fourth-order valence-electron chi connectivity index (χ4n) is 1.46. The molecule has 0 saturated carbocycles. The topological polar surface area (TPSA) is 96.3 Å². The average Bonchev–Trinajstić information content (AvgIpc) is 2.69. The van der Waals surface area contributed by atoms with Gasteiger partial charge in [0.1, 0.15) is 6.04 Å². The molecule has 0 bridgehead atoms. The third kappa shape index (κ3) is 4.44. The predicted molar refractivity (Wildman–Crippen MR) is 66.3 cm³/mol. The number of carboxylic acid groups (broad SMARTS) is 1. The van der Waals surface area contributed by atoms with Crippen molar-refractivity contribution in [3.63, 3.8) is 0 Å². The number of nitrogens with zero attached hydrogens (tertiary/aromatic N) is 2. The van der Waals surface area contributed by atoms with Gasteiger partial charge < -0.3 is 10.4 Å². The molecule has 2 amide bonds. The minimum Gasteiger partial charge on any atom is -0.480 e. The summed E-state index contributed by atoms with van der Waals surface area (Å²) in [6.45, 7) is 1.97. The Morgan fingerprint density at radius 1 is 1.56 bits per heavy atom. The van der Waals surface area contributed by atoms with Gasteiger partial charge in [-0.2, -0.15) is 5.10 Å². The lowest BCUT2D eigenvalue weighted by atomic mass is 10.1. The van der Waals surface area contributed by atoms with E-state index in [4.69, 9.17) is 5.11 Å². The van der Waals surface area contributed by atoms with Crippen molar-refractivity contribution >= 4 is 17.8 Å². The van der Waals surface area contributed by atoms with E-state index in [2.05, 4.69) is 15.7 Å². The van der Waals surface area contributed by atoms with E-state index >= 15 is 0 Å². The van der Waals surface area contributed by atoms with Gasteiger partial charge in [0.05, 0.1) is 0 Å². The molecule has 0 aliphatic rings. The van der Waals surface area contributed by atoms with Crippen molar-refractivity contribution in [2.45, 2.75) is 32.2 Å². The number of aliphatic carboxylic acids is 1. The average molecular weight is 254 g/mol. The van der Waals surface area contributed by atoms with Crippen LogP contribution in [0.15, 0.2) is 12.3 Å². The van der Waals surface area contributed by atoms with Crippen molar-refractivity contribution in [3.05, 3.63) is 12.3 Å². The number of aromatic nitrogens is 2. The number of amides is 2. The Bertz CT molecular complexity index is 416. The molecule has 0 radical (unpaired) electrons. The summed E-state index contributed by atoms with van der Waals surface area (Å²) in [4.78, 5) is 22.5. The third-order valence-electron chi connectivity index (χ3n) is 2.40. The monoisotopic (exact) mass is 254 g/mol. The first-order valence-corrected chi connectivity index (χ1v) is 5.83. The van der Waals surface area contributed by atoms with E-state index in [9.17, 15) is 9.59 Å². The molecule has 1 aromatic rings. The number of urea groups is 1. The SMILES string of the molecule is CCCCC(NC(=O)Nc1ccn(C)n1)C(=O)O. The van der Waals surface area contributed by atoms with Crippen LogP contribution in [0.5, 0.6) is 0 Å². The Hall–Kier alpha value is -2.05. The summed E-state index contributed by atoms with van der Waals surface area (Å²) in [6.07, 6.45) is 3.73. The van der Waals surface area contributed by atoms with E-state index in [1.54, 1.807) is 24.0 Å². The predicted octanol–water partition coefficient (Wildman–Crippen LogP) is 1.18. The van der Waals surface area contributed by atoms with Gasteiger partial charge in [0, 0.05) is 19.3 Å². The van der Waals surface area contributed by atoms with E-state index in [-0.39, 0.29) is 0 Å². The minimum atomic E-state index is -1.03. The number of aryl methyl sites for hydroxylation is 1. The molecule has 0 aliphatic carbocycles. The largest absolute Gasteiger partial charge is 0.480 e. The molecule has 18 heavy (non-hydrogen) atoms. The van der Waals surface area contributed by atoms with E-state index < -0.39 is 18.0 Å². The lowest BCUT2D eigenvalue weighted by Crippen LogP contribution is -2.43. The van der Waals surface area contributed by atoms with Gasteiger partial charge in [0.15, 0.2) is 5.82 Å². The first-order valence-electron chi connectivity index (χ1n) is 5.83. The molecule has 3 N–H and O–H groups in total. The van der Waals surface area contributed by atoms with Crippen molar-refractivity contribution in [1.29, 1.82) is 0 Å². The molecule has 0 saturated heterocycles. The van der Waals surface area contributed by atoms with Crippen molar-refractivity contribution in [1.82, 2.24) is 15.1 Å². The molecule has 0 fully saturated rings. The zero-order valence-corrected chi connectivity index (χ0v) is 10.5. The maximum atomic E-state index is 11.6. The first-order chi connectivity index (χ1) is 8.52. The molecular formula is C11H18N4O3. The molecule has 0 aliphatic heterocycles. The number of carbonyl (C=O) groups excluding carboxylic acids is 1. The standard InChI is InChI=1S/C11H18N4O3/c1-3-4-5-8(10(16)17)12-11(18)13-9-6-7-15(2)14-9/h6-8H,3-5H2,1-2H3,(H,16,17)(H2,12,13,14,18). The molecule has 1 aromatic heterocycles. The summed E-state index contributed by atoms with van der Waals surface area (Å²) in [7, 11) is 1.73. The molecule has 7 nitrogen and oxygen atoms in total. The summed E-state index contributed by atoms with van der Waals surface area (Å²) in [5, 5.41) is 17.8. The molecule has 1 heterocycles. The van der Waals surface area contributed by atoms with Crippen molar-refractivity contribution in [3.8, 4) is 0 Å². The highest BCUT2D eigenvalue weighted by molar-refractivity contribution is 5.91. The maximum absolute atomic E-state index is 11.6. The van der Waals surface area contributed by atoms with Gasteiger partial charge in [-0.25, -0.2) is 9.59 Å². The van der Waals surface area contributed by atoms with Gasteiger partial charge in [-0.15, -0.1) is 0 Å². The van der Waals surface area contributed by atoms with E-state index in [0.717, 1.165) is 12.8 Å². The Morgan fingerprint density at radius 3 is 2.78 bits per heavy atom. The highest BCUT2D eigenvalue weighted by Gasteiger charge is 2.19. The zero-order chi connectivity index (χ0) is 13.5. The molecule has 100 valence electrons. The normalized spacial score (nSPS) is 11.9. The number of carbonyl (C=O) groups is 2. The summed E-state index contributed by atoms with van der Waals surface area (Å²) < 4.78 is 1.54. The Balaban J connectivity index is 2.48. The van der Waals surface area contributed by atoms with Crippen LogP contribution in [0.4, 0.5) is 10.6 Å². The number of anilines is 1. The van der Waals surface area contributed by atoms with Crippen LogP contribution < -0.4 is 10.6 Å². The van der Waals surface area contributed by atoms with Gasteiger partial charge in [-0.05, 0) is 6.42 Å². The smallest absolute Gasteiger partial charge is 0.326 e. The van der Waals surface area contributed by atoms with Gasteiger partial charge in [-0.3, -0.25) is 10.00 Å². The van der Waals surface area contributed by atoms with Crippen LogP contribution in [0, 0.1) is 0 Å². The molecule has 1 rings (SSSR count). The summed E-state index contributed by atoms with van der Waals surface area (Å²) in [6, 6.07) is 0.201. The number of nitrogens with one attached hydrogen (secondary N) is 2. The lowest BCUT2D eigenvalue weighted by Gasteiger charge is -2.13. The maximum Gasteiger partial charge on any atom is 0.326 e. The first kappa shape index (κ1) is 14.0. The van der Waals surface area contributed by atoms with Crippen molar-refractivity contribution < 1.29 is 14.7 Å². The highest BCUT2D eigenvalue weighted by Crippen LogP contribution is 2.03. The van der Waals surface area contributed by atoms with E-state index in [1.807, 2.05) is 6.92 Å². The van der Waals surface area contributed by atoms with Gasteiger partial charge in [0.25, 0.3) is 0 Å². The molecular weight excluding hydrogens is 236 g/mol. The Labute approximate surface area is 105 Å². The molecule has 0 spiro atoms. The number of rotatable bonds is 6. The van der Waals surface area contributed by atoms with E-state index in [1.165, 1.54) is 0 Å². The Morgan fingerprint density at radius 2 is 2.28 bits per heavy atom. The van der Waals surface area contributed by atoms with Crippen LogP contribution in [0.2, 0.25) is 0 Å². The fraction of sp³-hybridized carbons (Fsp3) is 0.545. The van der Waals surface area contributed by atoms with Crippen LogP contribution >= 0.6 is 0 Å². The minimum absolute atomic E-state index is 0.384. The van der Waals surface area contributed by atoms with Crippen LogP contribution in [0.1, 0.15) is 26.2 Å². The van der Waals surface area contributed by atoms with Crippen molar-refractivity contribution in [2.75, 3.05) is 5.32 Å². The van der Waals surface area contributed by atoms with Gasteiger partial charge in [0.2, 0.25) is 0 Å². The number of unbranched alkanes of at least 4 members (excludes halogenated alkanes) is 1. The van der Waals surface area contributed by atoms with Crippen LogP contribution in [0.25, 0.3) is 0 Å². The van der Waals surface area contributed by atoms with Gasteiger partial charge >= 0.3 is 12.0 Å². The molecule has 1 unspecified atom stereocenters. The second-order valence-electron chi connectivity index (χ2n) is 4.01.